The Balaban J connectivity index is 1.96. The van der Waals surface area contributed by atoms with Crippen LogP contribution in [0.1, 0.15) is 20.7 Å². The van der Waals surface area contributed by atoms with E-state index in [0.717, 1.165) is 0 Å². The van der Waals surface area contributed by atoms with Crippen molar-refractivity contribution in [3.8, 4) is 0 Å². The molecule has 0 spiro atoms. The highest BCUT2D eigenvalue weighted by Gasteiger charge is 2.24. The molecule has 0 fully saturated rings. The Kier molecular flexibility index (Phi) is 2.84. The summed E-state index contributed by atoms with van der Waals surface area (Å²) in [6.45, 7) is 0. The van der Waals surface area contributed by atoms with Gasteiger partial charge in [-0.15, -0.1) is 0 Å². The molecule has 0 aromatic heterocycles. The molecule has 0 atom stereocenters. The Bertz CT molecular complexity index is 748. The van der Waals surface area contributed by atoms with Crippen molar-refractivity contribution >= 4 is 22.9 Å². The number of carbonyl (C=O) groups is 2. The van der Waals surface area contributed by atoms with Crippen molar-refractivity contribution in [1.82, 2.24) is 0 Å². The van der Waals surface area contributed by atoms with E-state index in [2.05, 4.69) is 5.32 Å². The van der Waals surface area contributed by atoms with Crippen LogP contribution in [-0.4, -0.2) is 11.6 Å². The van der Waals surface area contributed by atoms with Crippen molar-refractivity contribution in [3.63, 3.8) is 0 Å². The van der Waals surface area contributed by atoms with E-state index >= 15 is 0 Å². The van der Waals surface area contributed by atoms with E-state index in [1.807, 2.05) is 0 Å². The third kappa shape index (κ3) is 2.07. The van der Waals surface area contributed by atoms with Crippen molar-refractivity contribution in [2.75, 3.05) is 11.1 Å². The first-order valence-electron chi connectivity index (χ1n) is 6.17. The molecule has 0 bridgehead atoms. The van der Waals surface area contributed by atoms with Gasteiger partial charge in [-0.05, 0) is 18.2 Å². The highest BCUT2D eigenvalue weighted by atomic mass is 16.1. The fourth-order valence-corrected chi connectivity index (χ4v) is 2.18. The maximum Gasteiger partial charge on any atom is 0.210 e. The maximum absolute atomic E-state index is 12.3. The number of fused-ring (bicyclic) bond motifs is 1. The molecule has 3 N–H and O–H groups in total. The van der Waals surface area contributed by atoms with Crippen LogP contribution in [0, 0.1) is 0 Å². The van der Waals surface area contributed by atoms with Gasteiger partial charge in [0.2, 0.25) is 5.78 Å². The molecule has 0 amide bonds. The summed E-state index contributed by atoms with van der Waals surface area (Å²) in [5, 5.41) is 2.95. The Labute approximate surface area is 115 Å². The predicted octanol–water partition coefficient (Wildman–Crippen LogP) is 2.64. The molecule has 3 rings (SSSR count). The number of carbonyl (C=O) groups excluding carboxylic acids is 2. The second-order valence-corrected chi connectivity index (χ2v) is 4.55. The quantitative estimate of drug-likeness (QED) is 0.818. The summed E-state index contributed by atoms with van der Waals surface area (Å²) in [7, 11) is 0. The molecule has 0 saturated carbocycles. The zero-order valence-electron chi connectivity index (χ0n) is 10.6. The zero-order valence-corrected chi connectivity index (χ0v) is 10.6. The summed E-state index contributed by atoms with van der Waals surface area (Å²) < 4.78 is 0. The lowest BCUT2D eigenvalue weighted by Crippen LogP contribution is -2.21. The van der Waals surface area contributed by atoms with Gasteiger partial charge >= 0.3 is 0 Å². The molecule has 1 aliphatic rings. The number of allylic oxidation sites excluding steroid dienone is 2. The summed E-state index contributed by atoms with van der Waals surface area (Å²) in [5.74, 6) is -0.366. The second kappa shape index (κ2) is 4.66. The maximum atomic E-state index is 12.3. The fraction of sp³-hybridized carbons (Fsp3) is 0. The van der Waals surface area contributed by atoms with Crippen molar-refractivity contribution < 1.29 is 9.59 Å². The molecule has 1 aliphatic carbocycles. The van der Waals surface area contributed by atoms with Gasteiger partial charge in [0, 0.05) is 28.6 Å². The van der Waals surface area contributed by atoms with Gasteiger partial charge in [0.25, 0.3) is 0 Å². The van der Waals surface area contributed by atoms with Gasteiger partial charge in [-0.2, -0.15) is 0 Å². The summed E-state index contributed by atoms with van der Waals surface area (Å²) in [6, 6.07) is 13.8. The van der Waals surface area contributed by atoms with E-state index in [1.165, 1.54) is 6.08 Å². The Hall–Kier alpha value is -2.88. The van der Waals surface area contributed by atoms with Gasteiger partial charge in [-0.25, -0.2) is 0 Å². The van der Waals surface area contributed by atoms with Crippen LogP contribution >= 0.6 is 0 Å². The minimum atomic E-state index is -0.192. The number of rotatable bonds is 2. The third-order valence-corrected chi connectivity index (χ3v) is 3.12. The molecule has 0 unspecified atom stereocenters. The van der Waals surface area contributed by atoms with Crippen LogP contribution < -0.4 is 11.1 Å². The second-order valence-electron chi connectivity index (χ2n) is 4.55. The lowest BCUT2D eigenvalue weighted by Gasteiger charge is -2.16. The van der Waals surface area contributed by atoms with Crippen molar-refractivity contribution in [2.24, 2.45) is 0 Å². The fourth-order valence-electron chi connectivity index (χ4n) is 2.18. The minimum Gasteiger partial charge on any atom is -0.399 e. The average molecular weight is 264 g/mol. The van der Waals surface area contributed by atoms with E-state index in [1.54, 1.807) is 48.5 Å². The normalized spacial score (nSPS) is 13.7. The van der Waals surface area contributed by atoms with Crippen LogP contribution in [-0.2, 0) is 0 Å². The number of nitrogen functional groups attached to an aromatic ring is 1. The number of ketones is 2. The zero-order chi connectivity index (χ0) is 14.1. The van der Waals surface area contributed by atoms with E-state index in [4.69, 9.17) is 5.73 Å². The first-order chi connectivity index (χ1) is 9.65. The summed E-state index contributed by atoms with van der Waals surface area (Å²) in [5.41, 5.74) is 8.08. The molecule has 0 aliphatic heterocycles. The Morgan fingerprint density at radius 3 is 2.40 bits per heavy atom. The molecule has 98 valence electrons. The summed E-state index contributed by atoms with van der Waals surface area (Å²) in [6.07, 6.45) is 1.33. The molecule has 0 heterocycles. The van der Waals surface area contributed by atoms with Crippen molar-refractivity contribution in [3.05, 3.63) is 71.4 Å². The number of anilines is 2. The average Bonchev–Trinajstić information content (AvgIpc) is 2.45. The van der Waals surface area contributed by atoms with Crippen LogP contribution in [0.25, 0.3) is 0 Å². The molecule has 0 radical (unpaired) electrons. The smallest absolute Gasteiger partial charge is 0.210 e. The lowest BCUT2D eigenvalue weighted by molar-refractivity contribution is 0.0985. The van der Waals surface area contributed by atoms with E-state index in [0.29, 0.717) is 22.5 Å². The highest BCUT2D eigenvalue weighted by Crippen LogP contribution is 2.23. The van der Waals surface area contributed by atoms with Gasteiger partial charge < -0.3 is 11.1 Å². The Morgan fingerprint density at radius 1 is 0.900 bits per heavy atom. The molecule has 4 heteroatoms. The molecule has 2 aromatic carbocycles. The van der Waals surface area contributed by atoms with Crippen LogP contribution in [0.3, 0.4) is 0 Å². The molecule has 2 aromatic rings. The van der Waals surface area contributed by atoms with Gasteiger partial charge in [0.05, 0.1) is 5.70 Å². The molecule has 0 saturated heterocycles. The van der Waals surface area contributed by atoms with Crippen LogP contribution in [0.2, 0.25) is 0 Å². The first kappa shape index (κ1) is 12.2. The lowest BCUT2D eigenvalue weighted by atomic mass is 9.92. The van der Waals surface area contributed by atoms with Gasteiger partial charge in [-0.3, -0.25) is 9.59 Å². The monoisotopic (exact) mass is 264 g/mol. The third-order valence-electron chi connectivity index (χ3n) is 3.12. The van der Waals surface area contributed by atoms with E-state index in [9.17, 15) is 9.59 Å². The van der Waals surface area contributed by atoms with Crippen LogP contribution in [0.15, 0.2) is 60.3 Å². The molecular formula is C16H12N2O2. The first-order valence-corrected chi connectivity index (χ1v) is 6.17. The largest absolute Gasteiger partial charge is 0.399 e. The summed E-state index contributed by atoms with van der Waals surface area (Å²) >= 11 is 0. The minimum absolute atomic E-state index is 0.174. The van der Waals surface area contributed by atoms with Gasteiger partial charge in [-0.1, -0.05) is 30.3 Å². The number of benzene rings is 2. The topological polar surface area (TPSA) is 72.2 Å². The SMILES string of the molecule is Nc1cccc(NC2=CC(=O)c3ccccc3C2=O)c1. The molecule has 4 nitrogen and oxygen atoms in total. The summed E-state index contributed by atoms with van der Waals surface area (Å²) in [4.78, 5) is 24.3. The predicted molar refractivity (Wildman–Crippen MR) is 77.7 cm³/mol. The number of nitrogens with two attached hydrogens (primary N) is 1. The van der Waals surface area contributed by atoms with Crippen molar-refractivity contribution in [1.29, 1.82) is 0 Å². The van der Waals surface area contributed by atoms with E-state index in [-0.39, 0.29) is 17.3 Å². The van der Waals surface area contributed by atoms with E-state index < -0.39 is 0 Å². The highest BCUT2D eigenvalue weighted by molar-refractivity contribution is 6.25. The van der Waals surface area contributed by atoms with Gasteiger partial charge in [0.1, 0.15) is 0 Å². The number of Topliss-reactive ketones (excluding diaryl/α,β-unsaturated/α-hetero) is 1. The standard InChI is InChI=1S/C16H12N2O2/c17-10-4-3-5-11(8-10)18-14-9-15(19)12-6-1-2-7-13(12)16(14)20/h1-9,18H,17H2. The number of hydrogen-bond donors (Lipinski definition) is 2. The van der Waals surface area contributed by atoms with Crippen LogP contribution in [0.5, 0.6) is 0 Å². The number of nitrogens with one attached hydrogen (secondary N) is 1. The Morgan fingerprint density at radius 2 is 1.65 bits per heavy atom. The molecule has 20 heavy (non-hydrogen) atoms. The number of hydrogen-bond acceptors (Lipinski definition) is 4. The van der Waals surface area contributed by atoms with Crippen molar-refractivity contribution in [2.45, 2.75) is 0 Å². The van der Waals surface area contributed by atoms with Crippen LogP contribution in [0.4, 0.5) is 11.4 Å². The molecular weight excluding hydrogens is 252 g/mol. The van der Waals surface area contributed by atoms with Gasteiger partial charge in [0.15, 0.2) is 5.78 Å².